The Balaban J connectivity index is 3.83. The van der Waals surface area contributed by atoms with E-state index in [-0.39, 0.29) is 0 Å². The molecule has 0 rings (SSSR count). The summed E-state index contributed by atoms with van der Waals surface area (Å²) < 4.78 is 3.07. The molecule has 0 fully saturated rings. The zero-order chi connectivity index (χ0) is 9.99. The normalized spacial score (nSPS) is 14.0. The fourth-order valence-electron chi connectivity index (χ4n) is 1.87. The molecule has 0 heterocycles. The van der Waals surface area contributed by atoms with Crippen molar-refractivity contribution >= 4 is 19.8 Å². The fraction of sp³-hybridized carbons (Fsp3) is 1.00. The standard InChI is InChI=1S/2C5H11.CH3.Sn/c2*1-5(2,3)4;;/h2*1H2,2-4H3;1H3;. The molecule has 0 aromatic carbocycles. The Bertz CT molecular complexity index is 109. The van der Waals surface area contributed by atoms with Gasteiger partial charge >= 0.3 is 85.9 Å². The summed E-state index contributed by atoms with van der Waals surface area (Å²) in [7, 11) is 0. The van der Waals surface area contributed by atoms with Crippen LogP contribution in [-0.2, 0) is 0 Å². The van der Waals surface area contributed by atoms with E-state index in [0.717, 1.165) is 0 Å². The molecule has 0 aliphatic rings. The predicted molar refractivity (Wildman–Crippen MR) is 60.1 cm³/mol. The first-order chi connectivity index (χ1) is 5.10. The number of hydrogen-bond donors (Lipinski definition) is 0. The molecule has 0 aliphatic heterocycles. The molecule has 0 aromatic rings. The van der Waals surface area contributed by atoms with Crippen LogP contribution in [0.15, 0.2) is 0 Å². The van der Waals surface area contributed by atoms with Crippen molar-refractivity contribution in [2.24, 2.45) is 10.8 Å². The molecule has 0 amide bonds. The van der Waals surface area contributed by atoms with Crippen molar-refractivity contribution < 1.29 is 0 Å². The van der Waals surface area contributed by atoms with Gasteiger partial charge < -0.3 is 0 Å². The van der Waals surface area contributed by atoms with Crippen LogP contribution in [0, 0.1) is 10.8 Å². The maximum atomic E-state index is 2.57. The molecule has 0 spiro atoms. The Morgan fingerprint density at radius 2 is 1.00 bits per heavy atom. The summed E-state index contributed by atoms with van der Waals surface area (Å²) >= 11 is -0.995. The molecule has 1 heteroatoms. The van der Waals surface area contributed by atoms with Gasteiger partial charge in [0.25, 0.3) is 0 Å². The predicted octanol–water partition coefficient (Wildman–Crippen LogP) is 4.20. The third kappa shape index (κ3) is 8.89. The summed E-state index contributed by atoms with van der Waals surface area (Å²) in [6.07, 6.45) is 0. The summed E-state index contributed by atoms with van der Waals surface area (Å²) in [5.74, 6) is 0. The monoisotopic (exact) mass is 277 g/mol. The van der Waals surface area contributed by atoms with Gasteiger partial charge in [0.1, 0.15) is 0 Å². The Hall–Kier alpha value is 0.799. The zero-order valence-corrected chi connectivity index (χ0v) is 12.8. The summed E-state index contributed by atoms with van der Waals surface area (Å²) in [6, 6.07) is 0. The van der Waals surface area contributed by atoms with Crippen LogP contribution in [0.25, 0.3) is 0 Å². The van der Waals surface area contributed by atoms with E-state index >= 15 is 0 Å². The van der Waals surface area contributed by atoms with E-state index in [1.807, 2.05) is 0 Å². The second kappa shape index (κ2) is 4.34. The molecule has 0 nitrogen and oxygen atoms in total. The van der Waals surface area contributed by atoms with Crippen LogP contribution in [-0.4, -0.2) is 19.8 Å². The van der Waals surface area contributed by atoms with Crippen LogP contribution >= 0.6 is 0 Å². The van der Waals surface area contributed by atoms with Gasteiger partial charge in [-0.15, -0.1) is 0 Å². The van der Waals surface area contributed by atoms with E-state index in [1.54, 1.807) is 0 Å². The average molecular weight is 276 g/mol. The molecular formula is C11H25Sn. The van der Waals surface area contributed by atoms with Crippen LogP contribution in [0.4, 0.5) is 0 Å². The Morgan fingerprint density at radius 3 is 1.17 bits per heavy atom. The molecule has 0 atom stereocenters. The van der Waals surface area contributed by atoms with Crippen LogP contribution in [0.1, 0.15) is 41.5 Å². The van der Waals surface area contributed by atoms with E-state index in [9.17, 15) is 0 Å². The Kier molecular flexibility index (Phi) is 4.63. The average Bonchev–Trinajstić information content (AvgIpc) is 1.49. The van der Waals surface area contributed by atoms with E-state index in [2.05, 4.69) is 46.5 Å². The van der Waals surface area contributed by atoms with E-state index < -0.39 is 19.8 Å². The van der Waals surface area contributed by atoms with Gasteiger partial charge in [-0.05, 0) is 0 Å². The van der Waals surface area contributed by atoms with Crippen molar-refractivity contribution in [2.45, 2.75) is 55.4 Å². The number of hydrogen-bond acceptors (Lipinski definition) is 0. The van der Waals surface area contributed by atoms with Gasteiger partial charge in [0.05, 0.1) is 0 Å². The Labute approximate surface area is 85.9 Å². The molecular weight excluding hydrogens is 251 g/mol. The third-order valence-corrected chi connectivity index (χ3v) is 11.2. The van der Waals surface area contributed by atoms with Crippen molar-refractivity contribution in [3.8, 4) is 0 Å². The maximum absolute atomic E-state index is 2.57. The van der Waals surface area contributed by atoms with E-state index in [4.69, 9.17) is 0 Å². The molecule has 0 saturated carbocycles. The van der Waals surface area contributed by atoms with Crippen LogP contribution in [0.3, 0.4) is 0 Å². The van der Waals surface area contributed by atoms with Gasteiger partial charge in [-0.2, -0.15) is 0 Å². The van der Waals surface area contributed by atoms with Crippen LogP contribution in [0.5, 0.6) is 0 Å². The van der Waals surface area contributed by atoms with Crippen molar-refractivity contribution in [2.75, 3.05) is 0 Å². The van der Waals surface area contributed by atoms with Crippen molar-refractivity contribution in [3.63, 3.8) is 0 Å². The summed E-state index contributed by atoms with van der Waals surface area (Å²) in [6.45, 7) is 14.2. The summed E-state index contributed by atoms with van der Waals surface area (Å²) in [4.78, 5) is 2.57. The second-order valence-corrected chi connectivity index (χ2v) is 13.9. The summed E-state index contributed by atoms with van der Waals surface area (Å²) in [5, 5.41) is 0. The first kappa shape index (κ1) is 12.8. The fourth-order valence-corrected chi connectivity index (χ4v) is 12.6. The second-order valence-electron chi connectivity index (χ2n) is 6.43. The minimum absolute atomic E-state index is 0.578. The van der Waals surface area contributed by atoms with Gasteiger partial charge in [0.15, 0.2) is 0 Å². The van der Waals surface area contributed by atoms with Crippen molar-refractivity contribution in [1.82, 2.24) is 0 Å². The van der Waals surface area contributed by atoms with Crippen LogP contribution in [0.2, 0.25) is 13.8 Å². The Morgan fingerprint density at radius 1 is 0.750 bits per heavy atom. The minimum atomic E-state index is -0.995. The van der Waals surface area contributed by atoms with Crippen molar-refractivity contribution in [1.29, 1.82) is 0 Å². The van der Waals surface area contributed by atoms with Gasteiger partial charge in [-0.1, -0.05) is 0 Å². The molecule has 0 N–H and O–H groups in total. The molecule has 1 radical (unpaired) electrons. The van der Waals surface area contributed by atoms with Gasteiger partial charge in [-0.25, -0.2) is 0 Å². The quantitative estimate of drug-likeness (QED) is 0.663. The molecule has 0 saturated heterocycles. The third-order valence-electron chi connectivity index (χ3n) is 1.66. The molecule has 0 aromatic heterocycles. The molecule has 73 valence electrons. The first-order valence-corrected chi connectivity index (χ1v) is 11.8. The van der Waals surface area contributed by atoms with Gasteiger partial charge in [-0.3, -0.25) is 0 Å². The van der Waals surface area contributed by atoms with E-state index in [0.29, 0.717) is 10.8 Å². The van der Waals surface area contributed by atoms with Gasteiger partial charge in [0, 0.05) is 0 Å². The van der Waals surface area contributed by atoms with Crippen molar-refractivity contribution in [3.05, 3.63) is 0 Å². The first-order valence-electron chi connectivity index (χ1n) is 4.91. The molecule has 0 bridgehead atoms. The number of rotatable bonds is 2. The topological polar surface area (TPSA) is 0 Å². The molecule has 12 heavy (non-hydrogen) atoms. The van der Waals surface area contributed by atoms with E-state index in [1.165, 1.54) is 8.87 Å². The SMILES string of the molecule is [CH3][Sn]([CH2]C(C)(C)C)[CH2]C(C)(C)C. The summed E-state index contributed by atoms with van der Waals surface area (Å²) in [5.41, 5.74) is 1.16. The van der Waals surface area contributed by atoms with Gasteiger partial charge in [0.2, 0.25) is 0 Å². The molecule has 0 unspecified atom stereocenters. The zero-order valence-electron chi connectivity index (χ0n) is 9.91. The molecule has 0 aliphatic carbocycles. The van der Waals surface area contributed by atoms with Crippen LogP contribution < -0.4 is 0 Å².